The molecule has 0 heterocycles. The van der Waals surface area contributed by atoms with E-state index < -0.39 is 11.7 Å². The van der Waals surface area contributed by atoms with Crippen molar-refractivity contribution in [2.75, 3.05) is 17.2 Å². The number of aryl methyl sites for hydroxylation is 1. The van der Waals surface area contributed by atoms with Gasteiger partial charge >= 0.3 is 0 Å². The Balaban J connectivity index is 1.55. The smallest absolute Gasteiger partial charge is 0.251 e. The zero-order valence-corrected chi connectivity index (χ0v) is 17.1. The van der Waals surface area contributed by atoms with E-state index in [1.807, 2.05) is 6.92 Å². The minimum atomic E-state index is -0.549. The second kappa shape index (κ2) is 9.74. The minimum Gasteiger partial charge on any atom is -0.376 e. The van der Waals surface area contributed by atoms with Crippen LogP contribution in [0.4, 0.5) is 15.8 Å². The average Bonchev–Trinajstić information content (AvgIpc) is 2.70. The molecule has 2 aromatic carbocycles. The molecular weight excluding hydrogens is 393 g/mol. The molecule has 1 saturated carbocycles. The Kier molecular flexibility index (Phi) is 7.09. The summed E-state index contributed by atoms with van der Waals surface area (Å²) in [5, 5.41) is 8.95. The van der Waals surface area contributed by atoms with Gasteiger partial charge in [0.15, 0.2) is 0 Å². The molecule has 2 amide bonds. The predicted molar refractivity (Wildman–Crippen MR) is 114 cm³/mol. The zero-order chi connectivity index (χ0) is 20.8. The fourth-order valence-electron chi connectivity index (χ4n) is 3.48. The lowest BCUT2D eigenvalue weighted by Crippen LogP contribution is -2.36. The highest BCUT2D eigenvalue weighted by molar-refractivity contribution is 6.30. The molecule has 0 radical (unpaired) electrons. The minimum absolute atomic E-state index is 0.0377. The van der Waals surface area contributed by atoms with Gasteiger partial charge in [0.05, 0.1) is 12.2 Å². The topological polar surface area (TPSA) is 70.2 Å². The summed E-state index contributed by atoms with van der Waals surface area (Å²) >= 11 is 5.83. The Morgan fingerprint density at radius 2 is 1.83 bits per heavy atom. The number of carbonyl (C=O) groups excluding carboxylic acids is 2. The summed E-state index contributed by atoms with van der Waals surface area (Å²) in [6.07, 6.45) is 5.63. The molecular formula is C22H25ClFN3O2. The summed E-state index contributed by atoms with van der Waals surface area (Å²) in [6, 6.07) is 9.55. The van der Waals surface area contributed by atoms with Crippen LogP contribution in [0.3, 0.4) is 0 Å². The number of hydrogen-bond acceptors (Lipinski definition) is 3. The lowest BCUT2D eigenvalue weighted by molar-refractivity contribution is -0.114. The van der Waals surface area contributed by atoms with Crippen molar-refractivity contribution in [3.63, 3.8) is 0 Å². The monoisotopic (exact) mass is 417 g/mol. The van der Waals surface area contributed by atoms with Crippen molar-refractivity contribution in [2.45, 2.75) is 45.1 Å². The van der Waals surface area contributed by atoms with Crippen LogP contribution >= 0.6 is 11.6 Å². The van der Waals surface area contributed by atoms with Crippen LogP contribution in [-0.2, 0) is 4.79 Å². The number of rotatable bonds is 6. The third-order valence-corrected chi connectivity index (χ3v) is 5.31. The van der Waals surface area contributed by atoms with E-state index in [4.69, 9.17) is 11.6 Å². The Hall–Kier alpha value is -2.60. The van der Waals surface area contributed by atoms with Crippen molar-refractivity contribution >= 4 is 34.8 Å². The summed E-state index contributed by atoms with van der Waals surface area (Å²) in [6.45, 7) is 1.83. The molecule has 0 aromatic heterocycles. The van der Waals surface area contributed by atoms with E-state index in [1.54, 1.807) is 18.2 Å². The highest BCUT2D eigenvalue weighted by atomic mass is 35.5. The summed E-state index contributed by atoms with van der Waals surface area (Å²) in [5.74, 6) is -1.02. The second-order valence-corrected chi connectivity index (χ2v) is 7.80. The first-order valence-electron chi connectivity index (χ1n) is 9.82. The molecule has 2 aromatic rings. The van der Waals surface area contributed by atoms with E-state index in [2.05, 4.69) is 16.0 Å². The van der Waals surface area contributed by atoms with Gasteiger partial charge in [-0.15, -0.1) is 0 Å². The number of anilines is 2. The lowest BCUT2D eigenvalue weighted by atomic mass is 9.95. The highest BCUT2D eigenvalue weighted by Crippen LogP contribution is 2.21. The number of halogens is 2. The third kappa shape index (κ3) is 5.94. The molecule has 154 valence electrons. The van der Waals surface area contributed by atoms with E-state index in [1.165, 1.54) is 24.6 Å². The largest absolute Gasteiger partial charge is 0.376 e. The van der Waals surface area contributed by atoms with Crippen LogP contribution in [0.1, 0.15) is 48.0 Å². The molecule has 7 heteroatoms. The van der Waals surface area contributed by atoms with Crippen LogP contribution in [0.25, 0.3) is 0 Å². The number of carbonyl (C=O) groups is 2. The summed E-state index contributed by atoms with van der Waals surface area (Å²) in [7, 11) is 0. The van der Waals surface area contributed by atoms with Crippen molar-refractivity contribution in [3.8, 4) is 0 Å². The number of amides is 2. The fourth-order valence-corrected chi connectivity index (χ4v) is 3.65. The van der Waals surface area contributed by atoms with Gasteiger partial charge in [-0.05, 0) is 61.7 Å². The van der Waals surface area contributed by atoms with Crippen molar-refractivity contribution in [3.05, 3.63) is 58.4 Å². The van der Waals surface area contributed by atoms with Crippen molar-refractivity contribution in [2.24, 2.45) is 0 Å². The molecule has 0 atom stereocenters. The molecule has 1 aliphatic rings. The normalized spacial score (nSPS) is 14.3. The maximum atomic E-state index is 13.7. The SMILES string of the molecule is Cc1cc(C(=O)NC2CCCCC2)ccc1NCC(=O)Nc1cc(Cl)ccc1F. The number of hydrogen-bond donors (Lipinski definition) is 3. The summed E-state index contributed by atoms with van der Waals surface area (Å²) in [4.78, 5) is 24.6. The molecule has 5 nitrogen and oxygen atoms in total. The van der Waals surface area contributed by atoms with Gasteiger partial charge in [0.2, 0.25) is 5.91 Å². The standard InChI is InChI=1S/C22H25ClFN3O2/c1-14-11-15(22(29)26-17-5-3-2-4-6-17)7-10-19(14)25-13-21(28)27-20-12-16(23)8-9-18(20)24/h7-12,17,25H,2-6,13H2,1H3,(H,26,29)(H,27,28). The summed E-state index contributed by atoms with van der Waals surface area (Å²) < 4.78 is 13.7. The van der Waals surface area contributed by atoms with Crippen molar-refractivity contribution in [1.29, 1.82) is 0 Å². The van der Waals surface area contributed by atoms with Gasteiger partial charge in [0, 0.05) is 22.3 Å². The Bertz CT molecular complexity index is 898. The van der Waals surface area contributed by atoms with E-state index in [-0.39, 0.29) is 24.2 Å². The van der Waals surface area contributed by atoms with E-state index in [0.717, 1.165) is 36.9 Å². The fraction of sp³-hybridized carbons (Fsp3) is 0.364. The van der Waals surface area contributed by atoms with E-state index in [9.17, 15) is 14.0 Å². The van der Waals surface area contributed by atoms with Crippen LogP contribution in [0.2, 0.25) is 5.02 Å². The van der Waals surface area contributed by atoms with Crippen LogP contribution in [0, 0.1) is 12.7 Å². The van der Waals surface area contributed by atoms with Crippen LogP contribution < -0.4 is 16.0 Å². The maximum absolute atomic E-state index is 13.7. The first kappa shape index (κ1) is 21.1. The quantitative estimate of drug-likeness (QED) is 0.626. The van der Waals surface area contributed by atoms with Crippen molar-refractivity contribution in [1.82, 2.24) is 5.32 Å². The first-order valence-corrected chi connectivity index (χ1v) is 10.2. The average molecular weight is 418 g/mol. The third-order valence-electron chi connectivity index (χ3n) is 5.07. The van der Waals surface area contributed by atoms with Gasteiger partial charge in [-0.25, -0.2) is 4.39 Å². The molecule has 29 heavy (non-hydrogen) atoms. The molecule has 0 unspecified atom stereocenters. The van der Waals surface area contributed by atoms with Gasteiger partial charge in [0.25, 0.3) is 5.91 Å². The van der Waals surface area contributed by atoms with Crippen molar-refractivity contribution < 1.29 is 14.0 Å². The van der Waals surface area contributed by atoms with Gasteiger partial charge < -0.3 is 16.0 Å². The van der Waals surface area contributed by atoms with Gasteiger partial charge in [-0.1, -0.05) is 30.9 Å². The van der Waals surface area contributed by atoms with Gasteiger partial charge in [-0.2, -0.15) is 0 Å². The molecule has 0 bridgehead atoms. The molecule has 1 fully saturated rings. The molecule has 3 N–H and O–H groups in total. The first-order chi connectivity index (χ1) is 13.9. The van der Waals surface area contributed by atoms with Crippen LogP contribution in [0.5, 0.6) is 0 Å². The van der Waals surface area contributed by atoms with Gasteiger partial charge in [0.1, 0.15) is 5.82 Å². The molecule has 0 spiro atoms. The maximum Gasteiger partial charge on any atom is 0.251 e. The molecule has 0 saturated heterocycles. The Morgan fingerprint density at radius 1 is 1.07 bits per heavy atom. The zero-order valence-electron chi connectivity index (χ0n) is 16.4. The second-order valence-electron chi connectivity index (χ2n) is 7.36. The molecule has 3 rings (SSSR count). The molecule has 0 aliphatic heterocycles. The lowest BCUT2D eigenvalue weighted by Gasteiger charge is -2.23. The van der Waals surface area contributed by atoms with E-state index in [0.29, 0.717) is 10.6 Å². The number of benzene rings is 2. The van der Waals surface area contributed by atoms with Crippen LogP contribution in [-0.4, -0.2) is 24.4 Å². The Morgan fingerprint density at radius 3 is 2.55 bits per heavy atom. The van der Waals surface area contributed by atoms with Crippen LogP contribution in [0.15, 0.2) is 36.4 Å². The number of nitrogens with one attached hydrogen (secondary N) is 3. The molecule has 1 aliphatic carbocycles. The Labute approximate surface area is 175 Å². The van der Waals surface area contributed by atoms with Gasteiger partial charge in [-0.3, -0.25) is 9.59 Å². The highest BCUT2D eigenvalue weighted by Gasteiger charge is 2.17. The van der Waals surface area contributed by atoms with E-state index >= 15 is 0 Å². The summed E-state index contributed by atoms with van der Waals surface area (Å²) in [5.41, 5.74) is 2.23. The predicted octanol–water partition coefficient (Wildman–Crippen LogP) is 4.90.